The van der Waals surface area contributed by atoms with Gasteiger partial charge in [-0.05, 0) is 19.9 Å². The summed E-state index contributed by atoms with van der Waals surface area (Å²) in [5.74, 6) is 0. The molecule has 0 unspecified atom stereocenters. The molecule has 0 fully saturated rings. The van der Waals surface area contributed by atoms with Gasteiger partial charge in [-0.25, -0.2) is 4.39 Å². The average Bonchev–Trinajstić information content (AvgIpc) is 1.85. The average molecular weight is 131 g/mol. The SMILES string of the molecule is C=CCC[C@H](F)CNC. The quantitative estimate of drug-likeness (QED) is 0.558. The fourth-order valence-electron chi connectivity index (χ4n) is 0.622. The standard InChI is InChI=1S/C7H14FN/c1-3-4-5-7(8)6-9-2/h3,7,9H,1,4-6H2,2H3/t7-/m0/s1. The van der Waals surface area contributed by atoms with Gasteiger partial charge in [0.1, 0.15) is 6.17 Å². The van der Waals surface area contributed by atoms with E-state index in [0.29, 0.717) is 13.0 Å². The summed E-state index contributed by atoms with van der Waals surface area (Å²) in [4.78, 5) is 0. The molecule has 2 heteroatoms. The van der Waals surface area contributed by atoms with Crippen molar-refractivity contribution in [2.45, 2.75) is 19.0 Å². The van der Waals surface area contributed by atoms with Gasteiger partial charge >= 0.3 is 0 Å². The highest BCUT2D eigenvalue weighted by Gasteiger charge is 2.00. The lowest BCUT2D eigenvalue weighted by Crippen LogP contribution is -2.19. The van der Waals surface area contributed by atoms with Crippen LogP contribution in [-0.4, -0.2) is 19.8 Å². The number of hydrogen-bond donors (Lipinski definition) is 1. The van der Waals surface area contributed by atoms with Crippen LogP contribution in [0.4, 0.5) is 4.39 Å². The molecule has 0 aromatic rings. The summed E-state index contributed by atoms with van der Waals surface area (Å²) in [6.45, 7) is 3.96. The van der Waals surface area contributed by atoms with E-state index in [0.717, 1.165) is 6.42 Å². The zero-order valence-electron chi connectivity index (χ0n) is 5.86. The molecule has 0 aliphatic heterocycles. The lowest BCUT2D eigenvalue weighted by molar-refractivity contribution is 0.309. The van der Waals surface area contributed by atoms with E-state index >= 15 is 0 Å². The molecule has 0 aromatic heterocycles. The van der Waals surface area contributed by atoms with Crippen LogP contribution in [-0.2, 0) is 0 Å². The highest BCUT2D eigenvalue weighted by molar-refractivity contribution is 4.69. The molecule has 0 saturated carbocycles. The van der Waals surface area contributed by atoms with Gasteiger partial charge in [0, 0.05) is 6.54 Å². The van der Waals surface area contributed by atoms with Crippen LogP contribution in [0, 0.1) is 0 Å². The van der Waals surface area contributed by atoms with Crippen molar-refractivity contribution in [1.82, 2.24) is 5.32 Å². The first kappa shape index (κ1) is 8.63. The summed E-state index contributed by atoms with van der Waals surface area (Å²) in [5, 5.41) is 2.77. The first-order chi connectivity index (χ1) is 4.31. The molecule has 0 aliphatic carbocycles. The topological polar surface area (TPSA) is 12.0 Å². The first-order valence-electron chi connectivity index (χ1n) is 3.20. The zero-order valence-corrected chi connectivity index (χ0v) is 5.86. The summed E-state index contributed by atoms with van der Waals surface area (Å²) in [7, 11) is 1.75. The molecule has 0 spiro atoms. The molecular weight excluding hydrogens is 117 g/mol. The maximum absolute atomic E-state index is 12.5. The van der Waals surface area contributed by atoms with Crippen molar-refractivity contribution in [3.05, 3.63) is 12.7 Å². The second-order valence-electron chi connectivity index (χ2n) is 2.02. The lowest BCUT2D eigenvalue weighted by atomic mass is 10.2. The van der Waals surface area contributed by atoms with E-state index in [-0.39, 0.29) is 0 Å². The van der Waals surface area contributed by atoms with Crippen molar-refractivity contribution in [1.29, 1.82) is 0 Å². The third kappa shape index (κ3) is 5.50. The van der Waals surface area contributed by atoms with Crippen LogP contribution in [0.3, 0.4) is 0 Å². The summed E-state index contributed by atoms with van der Waals surface area (Å²) < 4.78 is 12.5. The van der Waals surface area contributed by atoms with E-state index in [1.54, 1.807) is 13.1 Å². The molecule has 1 atom stereocenters. The van der Waals surface area contributed by atoms with Crippen molar-refractivity contribution in [3.63, 3.8) is 0 Å². The molecule has 0 aliphatic rings. The molecule has 54 valence electrons. The molecule has 0 radical (unpaired) electrons. The van der Waals surface area contributed by atoms with Gasteiger partial charge in [0.15, 0.2) is 0 Å². The van der Waals surface area contributed by atoms with Crippen molar-refractivity contribution in [3.8, 4) is 0 Å². The van der Waals surface area contributed by atoms with Gasteiger partial charge in [-0.1, -0.05) is 6.08 Å². The van der Waals surface area contributed by atoms with Crippen LogP contribution in [0.25, 0.3) is 0 Å². The number of alkyl halides is 1. The summed E-state index contributed by atoms with van der Waals surface area (Å²) in [6.07, 6.45) is 2.38. The third-order valence-electron chi connectivity index (χ3n) is 1.11. The van der Waals surface area contributed by atoms with E-state index in [9.17, 15) is 4.39 Å². The minimum atomic E-state index is -0.715. The summed E-state index contributed by atoms with van der Waals surface area (Å²) >= 11 is 0. The Labute approximate surface area is 56.0 Å². The number of hydrogen-bond acceptors (Lipinski definition) is 1. The molecular formula is C7H14FN. The second-order valence-corrected chi connectivity index (χ2v) is 2.02. The molecule has 0 rings (SSSR count). The summed E-state index contributed by atoms with van der Waals surface area (Å²) in [6, 6.07) is 0. The van der Waals surface area contributed by atoms with E-state index in [1.807, 2.05) is 0 Å². The third-order valence-corrected chi connectivity index (χ3v) is 1.11. The van der Waals surface area contributed by atoms with Gasteiger partial charge in [0.2, 0.25) is 0 Å². The van der Waals surface area contributed by atoms with E-state index < -0.39 is 6.17 Å². The monoisotopic (exact) mass is 131 g/mol. The van der Waals surface area contributed by atoms with Crippen LogP contribution in [0.1, 0.15) is 12.8 Å². The van der Waals surface area contributed by atoms with Crippen LogP contribution >= 0.6 is 0 Å². The molecule has 9 heavy (non-hydrogen) atoms. The zero-order chi connectivity index (χ0) is 7.11. The van der Waals surface area contributed by atoms with Crippen LogP contribution in [0.2, 0.25) is 0 Å². The minimum Gasteiger partial charge on any atom is -0.317 e. The Hall–Kier alpha value is -0.370. The Morgan fingerprint density at radius 1 is 1.78 bits per heavy atom. The van der Waals surface area contributed by atoms with Gasteiger partial charge in [-0.3, -0.25) is 0 Å². The lowest BCUT2D eigenvalue weighted by Gasteiger charge is -2.03. The fourth-order valence-corrected chi connectivity index (χ4v) is 0.622. The summed E-state index contributed by atoms with van der Waals surface area (Å²) in [5.41, 5.74) is 0. The Bertz CT molecular complexity index is 73.3. The number of rotatable bonds is 5. The Morgan fingerprint density at radius 3 is 2.89 bits per heavy atom. The molecule has 0 bridgehead atoms. The van der Waals surface area contributed by atoms with Gasteiger partial charge < -0.3 is 5.32 Å². The number of halogens is 1. The van der Waals surface area contributed by atoms with Crippen LogP contribution in [0.15, 0.2) is 12.7 Å². The molecule has 1 N–H and O–H groups in total. The normalized spacial score (nSPS) is 13.1. The number of allylic oxidation sites excluding steroid dienone is 1. The fraction of sp³-hybridized carbons (Fsp3) is 0.714. The largest absolute Gasteiger partial charge is 0.317 e. The maximum Gasteiger partial charge on any atom is 0.113 e. The Morgan fingerprint density at radius 2 is 2.44 bits per heavy atom. The maximum atomic E-state index is 12.5. The molecule has 1 nitrogen and oxygen atoms in total. The van der Waals surface area contributed by atoms with Crippen LogP contribution in [0.5, 0.6) is 0 Å². The Balaban J connectivity index is 3.04. The van der Waals surface area contributed by atoms with Crippen molar-refractivity contribution in [2.24, 2.45) is 0 Å². The molecule has 0 aromatic carbocycles. The Kier molecular flexibility index (Phi) is 5.52. The van der Waals surface area contributed by atoms with Crippen molar-refractivity contribution < 1.29 is 4.39 Å². The van der Waals surface area contributed by atoms with E-state index in [1.165, 1.54) is 0 Å². The highest BCUT2D eigenvalue weighted by atomic mass is 19.1. The van der Waals surface area contributed by atoms with Gasteiger partial charge in [0.05, 0.1) is 0 Å². The highest BCUT2D eigenvalue weighted by Crippen LogP contribution is 1.99. The predicted molar refractivity (Wildman–Crippen MR) is 38.3 cm³/mol. The minimum absolute atomic E-state index is 0.452. The van der Waals surface area contributed by atoms with Gasteiger partial charge in [-0.15, -0.1) is 6.58 Å². The molecule has 0 saturated heterocycles. The van der Waals surface area contributed by atoms with Crippen molar-refractivity contribution >= 4 is 0 Å². The predicted octanol–water partition coefficient (Wildman–Crippen LogP) is 1.51. The van der Waals surface area contributed by atoms with Gasteiger partial charge in [-0.2, -0.15) is 0 Å². The molecule has 0 heterocycles. The van der Waals surface area contributed by atoms with E-state index in [4.69, 9.17) is 0 Å². The smallest absolute Gasteiger partial charge is 0.113 e. The van der Waals surface area contributed by atoms with E-state index in [2.05, 4.69) is 11.9 Å². The van der Waals surface area contributed by atoms with Crippen molar-refractivity contribution in [2.75, 3.05) is 13.6 Å². The van der Waals surface area contributed by atoms with Gasteiger partial charge in [0.25, 0.3) is 0 Å². The molecule has 0 amide bonds. The van der Waals surface area contributed by atoms with Crippen LogP contribution < -0.4 is 5.32 Å². The number of nitrogens with one attached hydrogen (secondary N) is 1. The first-order valence-corrected chi connectivity index (χ1v) is 3.20. The second kappa shape index (κ2) is 5.76.